The third kappa shape index (κ3) is 4.31. The molecular formula is C21H16N4O3. The standard InChI is InChI=1S/C21H16N4O3/c1-28-16-11-9-15(10-12-16)23-20(26)18-7-4-8-19(24-18)21(27)25-17-6-3-2-5-14(17)13-22/h2-12H,1H3,(H,23,26)(H,25,27). The van der Waals surface area contributed by atoms with Crippen molar-refractivity contribution in [2.75, 3.05) is 17.7 Å². The molecule has 0 atom stereocenters. The van der Waals surface area contributed by atoms with Crippen LogP contribution in [0.15, 0.2) is 66.7 Å². The summed E-state index contributed by atoms with van der Waals surface area (Å²) in [5, 5.41) is 14.5. The zero-order valence-electron chi connectivity index (χ0n) is 15.0. The molecule has 2 aromatic carbocycles. The summed E-state index contributed by atoms with van der Waals surface area (Å²) >= 11 is 0. The minimum atomic E-state index is -0.512. The van der Waals surface area contributed by atoms with Crippen LogP contribution >= 0.6 is 0 Å². The highest BCUT2D eigenvalue weighted by Crippen LogP contribution is 2.17. The quantitative estimate of drug-likeness (QED) is 0.714. The Morgan fingerprint density at radius 1 is 0.893 bits per heavy atom. The molecule has 28 heavy (non-hydrogen) atoms. The third-order valence-electron chi connectivity index (χ3n) is 3.86. The molecule has 0 aliphatic heterocycles. The minimum Gasteiger partial charge on any atom is -0.497 e. The van der Waals surface area contributed by atoms with E-state index in [1.165, 1.54) is 12.1 Å². The van der Waals surface area contributed by atoms with Crippen molar-refractivity contribution >= 4 is 23.2 Å². The van der Waals surface area contributed by atoms with Gasteiger partial charge in [-0.05, 0) is 48.5 Å². The molecule has 3 rings (SSSR count). The van der Waals surface area contributed by atoms with Crippen LogP contribution in [-0.4, -0.2) is 23.9 Å². The van der Waals surface area contributed by atoms with Crippen molar-refractivity contribution in [3.8, 4) is 11.8 Å². The number of rotatable bonds is 5. The maximum absolute atomic E-state index is 12.5. The Hall–Kier alpha value is -4.18. The van der Waals surface area contributed by atoms with Crippen molar-refractivity contribution in [3.05, 3.63) is 83.7 Å². The molecule has 1 heterocycles. The van der Waals surface area contributed by atoms with Gasteiger partial charge in [0.15, 0.2) is 0 Å². The lowest BCUT2D eigenvalue weighted by atomic mass is 10.2. The molecule has 0 radical (unpaired) electrons. The number of carbonyl (C=O) groups is 2. The topological polar surface area (TPSA) is 104 Å². The van der Waals surface area contributed by atoms with Crippen LogP contribution in [0.1, 0.15) is 26.5 Å². The molecule has 0 fully saturated rings. The van der Waals surface area contributed by atoms with E-state index in [4.69, 9.17) is 10.00 Å². The summed E-state index contributed by atoms with van der Waals surface area (Å²) in [5.41, 5.74) is 1.45. The number of anilines is 2. The van der Waals surface area contributed by atoms with Crippen molar-refractivity contribution in [2.45, 2.75) is 0 Å². The number of ether oxygens (including phenoxy) is 1. The normalized spacial score (nSPS) is 9.86. The monoisotopic (exact) mass is 372 g/mol. The third-order valence-corrected chi connectivity index (χ3v) is 3.86. The smallest absolute Gasteiger partial charge is 0.274 e. The number of carbonyl (C=O) groups excluding carboxylic acids is 2. The molecule has 0 bridgehead atoms. The van der Waals surface area contributed by atoms with Gasteiger partial charge < -0.3 is 15.4 Å². The maximum atomic E-state index is 12.5. The molecule has 0 saturated carbocycles. The number of methoxy groups -OCH3 is 1. The zero-order valence-corrected chi connectivity index (χ0v) is 15.0. The summed E-state index contributed by atoms with van der Waals surface area (Å²) in [7, 11) is 1.56. The second kappa shape index (κ2) is 8.47. The van der Waals surface area contributed by atoms with Gasteiger partial charge >= 0.3 is 0 Å². The van der Waals surface area contributed by atoms with Gasteiger partial charge in [0, 0.05) is 5.69 Å². The molecule has 0 unspecified atom stereocenters. The first-order valence-electron chi connectivity index (χ1n) is 8.33. The molecule has 1 aromatic heterocycles. The molecule has 2 N–H and O–H groups in total. The Balaban J connectivity index is 1.74. The molecule has 3 aromatic rings. The number of hydrogen-bond acceptors (Lipinski definition) is 5. The van der Waals surface area contributed by atoms with E-state index in [2.05, 4.69) is 15.6 Å². The van der Waals surface area contributed by atoms with Crippen molar-refractivity contribution in [1.82, 2.24) is 4.98 Å². The number of pyridine rings is 1. The Kier molecular flexibility index (Phi) is 5.63. The second-order valence-corrected chi connectivity index (χ2v) is 5.70. The molecule has 0 aliphatic carbocycles. The highest BCUT2D eigenvalue weighted by Gasteiger charge is 2.14. The van der Waals surface area contributed by atoms with Crippen LogP contribution in [0, 0.1) is 11.3 Å². The minimum absolute atomic E-state index is 0.0649. The van der Waals surface area contributed by atoms with Crippen molar-refractivity contribution < 1.29 is 14.3 Å². The number of hydrogen-bond donors (Lipinski definition) is 2. The van der Waals surface area contributed by atoms with Gasteiger partial charge in [0.25, 0.3) is 11.8 Å². The Labute approximate surface area is 161 Å². The molecule has 138 valence electrons. The molecule has 7 nitrogen and oxygen atoms in total. The van der Waals surface area contributed by atoms with Gasteiger partial charge in [-0.25, -0.2) is 4.98 Å². The first kappa shape index (κ1) is 18.6. The summed E-state index contributed by atoms with van der Waals surface area (Å²) in [5.74, 6) is -0.286. The van der Waals surface area contributed by atoms with E-state index in [0.717, 1.165) is 0 Å². The molecular weight excluding hydrogens is 356 g/mol. The van der Waals surface area contributed by atoms with Crippen LogP contribution in [0.3, 0.4) is 0 Å². The van der Waals surface area contributed by atoms with Crippen molar-refractivity contribution in [2.24, 2.45) is 0 Å². The lowest BCUT2D eigenvalue weighted by Gasteiger charge is -2.08. The second-order valence-electron chi connectivity index (χ2n) is 5.70. The van der Waals surface area contributed by atoms with E-state index < -0.39 is 11.8 Å². The summed E-state index contributed by atoms with van der Waals surface area (Å²) in [6, 6.07) is 20.1. The molecule has 2 amide bonds. The number of aromatic nitrogens is 1. The Morgan fingerprint density at radius 3 is 2.18 bits per heavy atom. The lowest BCUT2D eigenvalue weighted by Crippen LogP contribution is -2.18. The van der Waals surface area contributed by atoms with Crippen molar-refractivity contribution in [1.29, 1.82) is 5.26 Å². The van der Waals surface area contributed by atoms with Gasteiger partial charge in [0.2, 0.25) is 0 Å². The van der Waals surface area contributed by atoms with E-state index in [1.54, 1.807) is 61.7 Å². The molecule has 7 heteroatoms. The van der Waals surface area contributed by atoms with E-state index in [1.807, 2.05) is 6.07 Å². The van der Waals surface area contributed by atoms with Crippen LogP contribution in [0.25, 0.3) is 0 Å². The van der Waals surface area contributed by atoms with Gasteiger partial charge in [-0.15, -0.1) is 0 Å². The lowest BCUT2D eigenvalue weighted by molar-refractivity contribution is 0.101. The molecule has 0 spiro atoms. The summed E-state index contributed by atoms with van der Waals surface area (Å²) < 4.78 is 5.08. The van der Waals surface area contributed by atoms with E-state index in [0.29, 0.717) is 22.7 Å². The van der Waals surface area contributed by atoms with Crippen molar-refractivity contribution in [3.63, 3.8) is 0 Å². The number of amides is 2. The van der Waals surface area contributed by atoms with Gasteiger partial charge in [-0.3, -0.25) is 9.59 Å². The number of benzene rings is 2. The predicted molar refractivity (Wildman–Crippen MR) is 104 cm³/mol. The SMILES string of the molecule is COc1ccc(NC(=O)c2cccc(C(=O)Nc3ccccc3C#N)n2)cc1. The summed E-state index contributed by atoms with van der Waals surface area (Å²) in [6.45, 7) is 0. The largest absolute Gasteiger partial charge is 0.497 e. The maximum Gasteiger partial charge on any atom is 0.274 e. The molecule has 0 saturated heterocycles. The number of nitrogens with one attached hydrogen (secondary N) is 2. The van der Waals surface area contributed by atoms with Gasteiger partial charge in [-0.1, -0.05) is 18.2 Å². The first-order valence-corrected chi connectivity index (χ1v) is 8.33. The van der Waals surface area contributed by atoms with E-state index in [9.17, 15) is 9.59 Å². The van der Waals surface area contributed by atoms with E-state index >= 15 is 0 Å². The average molecular weight is 372 g/mol. The fraction of sp³-hybridized carbons (Fsp3) is 0.0476. The van der Waals surface area contributed by atoms with Crippen LogP contribution in [0.4, 0.5) is 11.4 Å². The molecule has 0 aliphatic rings. The predicted octanol–water partition coefficient (Wildman–Crippen LogP) is 3.47. The van der Waals surface area contributed by atoms with Crippen LogP contribution < -0.4 is 15.4 Å². The first-order chi connectivity index (χ1) is 13.6. The summed E-state index contributed by atoms with van der Waals surface area (Å²) in [6.07, 6.45) is 0. The number of nitrogens with zero attached hydrogens (tertiary/aromatic N) is 2. The fourth-order valence-electron chi connectivity index (χ4n) is 2.43. The fourth-order valence-corrected chi connectivity index (χ4v) is 2.43. The highest BCUT2D eigenvalue weighted by atomic mass is 16.5. The number of para-hydroxylation sites is 1. The Bertz CT molecular complexity index is 1060. The van der Waals surface area contributed by atoms with Gasteiger partial charge in [-0.2, -0.15) is 5.26 Å². The van der Waals surface area contributed by atoms with Crippen LogP contribution in [0.5, 0.6) is 5.75 Å². The van der Waals surface area contributed by atoms with E-state index in [-0.39, 0.29) is 11.4 Å². The summed E-state index contributed by atoms with van der Waals surface area (Å²) in [4.78, 5) is 29.0. The Morgan fingerprint density at radius 2 is 1.54 bits per heavy atom. The van der Waals surface area contributed by atoms with Crippen LogP contribution in [-0.2, 0) is 0 Å². The number of nitriles is 1. The highest BCUT2D eigenvalue weighted by molar-refractivity contribution is 6.06. The van der Waals surface area contributed by atoms with Gasteiger partial charge in [0.1, 0.15) is 23.2 Å². The zero-order chi connectivity index (χ0) is 19.9. The van der Waals surface area contributed by atoms with Crippen LogP contribution in [0.2, 0.25) is 0 Å². The average Bonchev–Trinajstić information content (AvgIpc) is 2.74. The van der Waals surface area contributed by atoms with Gasteiger partial charge in [0.05, 0.1) is 18.4 Å².